The number of aryl methyl sites for hydroxylation is 1. The smallest absolute Gasteiger partial charge is 0.209 e. The van der Waals surface area contributed by atoms with Crippen molar-refractivity contribution >= 4 is 45.6 Å². The summed E-state index contributed by atoms with van der Waals surface area (Å²) < 4.78 is 25.7. The number of aliphatic imine (C=N–C) groups is 1. The second kappa shape index (κ2) is 11.4. The summed E-state index contributed by atoms with van der Waals surface area (Å²) in [6.45, 7) is 10.9. The van der Waals surface area contributed by atoms with Crippen LogP contribution in [0.4, 0.5) is 5.69 Å². The third-order valence-corrected chi connectivity index (χ3v) is 5.52. The molecular formula is C20H36IN5O2S. The normalized spacial score (nSPS) is 18.2. The molecule has 1 aromatic carbocycles. The van der Waals surface area contributed by atoms with E-state index < -0.39 is 15.6 Å². The minimum absolute atomic E-state index is 0. The van der Waals surface area contributed by atoms with Gasteiger partial charge in [0, 0.05) is 36.9 Å². The monoisotopic (exact) mass is 537 g/mol. The lowest BCUT2D eigenvalue weighted by Crippen LogP contribution is -2.52. The molecule has 0 radical (unpaired) electrons. The van der Waals surface area contributed by atoms with E-state index in [0.29, 0.717) is 12.6 Å². The van der Waals surface area contributed by atoms with Gasteiger partial charge in [0.1, 0.15) is 0 Å². The van der Waals surface area contributed by atoms with E-state index in [2.05, 4.69) is 56.4 Å². The number of piperidine rings is 1. The van der Waals surface area contributed by atoms with Crippen LogP contribution in [-0.2, 0) is 10.0 Å². The first-order valence-electron chi connectivity index (χ1n) is 9.93. The van der Waals surface area contributed by atoms with Crippen LogP contribution in [0.2, 0.25) is 0 Å². The molecule has 3 N–H and O–H groups in total. The predicted molar refractivity (Wildman–Crippen MR) is 133 cm³/mol. The Hall–Kier alpha value is -1.07. The maximum atomic E-state index is 11.5. The molecule has 2 rings (SSSR count). The Bertz CT molecular complexity index is 766. The molecule has 166 valence electrons. The zero-order valence-electron chi connectivity index (χ0n) is 18.2. The van der Waals surface area contributed by atoms with Crippen molar-refractivity contribution in [2.24, 2.45) is 4.99 Å². The molecule has 0 bridgehead atoms. The van der Waals surface area contributed by atoms with Crippen LogP contribution in [0.3, 0.4) is 0 Å². The SMILES string of the molecule is CCNC(=NCC(C)(C)NS(C)(=O)=O)NC1CCCN(c2ccc(C)cc2)C1.I. The Kier molecular flexibility index (Phi) is 10.2. The highest BCUT2D eigenvalue weighted by Gasteiger charge is 2.24. The minimum Gasteiger partial charge on any atom is -0.369 e. The highest BCUT2D eigenvalue weighted by molar-refractivity contribution is 14.0. The largest absolute Gasteiger partial charge is 0.369 e. The van der Waals surface area contributed by atoms with Crippen LogP contribution in [0.1, 0.15) is 39.2 Å². The number of guanidine groups is 1. The molecule has 1 aliphatic heterocycles. The first kappa shape index (κ1) is 26.0. The van der Waals surface area contributed by atoms with Gasteiger partial charge in [0.15, 0.2) is 5.96 Å². The second-order valence-corrected chi connectivity index (χ2v) is 9.97. The Morgan fingerprint density at radius 1 is 1.28 bits per heavy atom. The Labute approximate surface area is 193 Å². The van der Waals surface area contributed by atoms with Crippen molar-refractivity contribution in [3.05, 3.63) is 29.8 Å². The number of rotatable bonds is 7. The number of nitrogens with one attached hydrogen (secondary N) is 3. The zero-order chi connectivity index (χ0) is 20.8. The van der Waals surface area contributed by atoms with Crippen LogP contribution in [-0.4, -0.2) is 58.4 Å². The van der Waals surface area contributed by atoms with Gasteiger partial charge in [-0.1, -0.05) is 17.7 Å². The highest BCUT2D eigenvalue weighted by atomic mass is 127. The van der Waals surface area contributed by atoms with Crippen molar-refractivity contribution in [3.63, 3.8) is 0 Å². The van der Waals surface area contributed by atoms with Crippen LogP contribution in [0, 0.1) is 6.92 Å². The second-order valence-electron chi connectivity index (χ2n) is 8.22. The van der Waals surface area contributed by atoms with Crippen LogP contribution >= 0.6 is 24.0 Å². The van der Waals surface area contributed by atoms with E-state index in [-0.39, 0.29) is 24.0 Å². The summed E-state index contributed by atoms with van der Waals surface area (Å²) in [5.41, 5.74) is 1.87. The summed E-state index contributed by atoms with van der Waals surface area (Å²) in [7, 11) is -3.28. The highest BCUT2D eigenvalue weighted by Crippen LogP contribution is 2.20. The fourth-order valence-corrected chi connectivity index (χ4v) is 4.48. The van der Waals surface area contributed by atoms with Crippen molar-refractivity contribution in [1.82, 2.24) is 15.4 Å². The lowest BCUT2D eigenvalue weighted by atomic mass is 10.0. The van der Waals surface area contributed by atoms with Gasteiger partial charge in [-0.2, -0.15) is 0 Å². The average molecular weight is 538 g/mol. The quantitative estimate of drug-likeness (QED) is 0.283. The summed E-state index contributed by atoms with van der Waals surface area (Å²) in [5, 5.41) is 6.79. The number of hydrogen-bond donors (Lipinski definition) is 3. The van der Waals surface area contributed by atoms with E-state index in [1.54, 1.807) is 0 Å². The van der Waals surface area contributed by atoms with Crippen molar-refractivity contribution in [1.29, 1.82) is 0 Å². The van der Waals surface area contributed by atoms with E-state index in [4.69, 9.17) is 0 Å². The molecule has 1 unspecified atom stereocenters. The molecule has 0 amide bonds. The van der Waals surface area contributed by atoms with Crippen molar-refractivity contribution < 1.29 is 8.42 Å². The molecule has 1 aliphatic rings. The first-order chi connectivity index (χ1) is 13.1. The summed E-state index contributed by atoms with van der Waals surface area (Å²) in [6, 6.07) is 8.94. The molecule has 9 heteroatoms. The lowest BCUT2D eigenvalue weighted by Gasteiger charge is -2.35. The number of halogens is 1. The molecule has 0 saturated carbocycles. The van der Waals surface area contributed by atoms with Gasteiger partial charge in [-0.15, -0.1) is 24.0 Å². The van der Waals surface area contributed by atoms with E-state index >= 15 is 0 Å². The molecule has 0 spiro atoms. The van der Waals surface area contributed by atoms with Gasteiger partial charge in [0.2, 0.25) is 10.0 Å². The Morgan fingerprint density at radius 3 is 2.52 bits per heavy atom. The van der Waals surface area contributed by atoms with Crippen LogP contribution in [0.5, 0.6) is 0 Å². The maximum absolute atomic E-state index is 11.5. The van der Waals surface area contributed by atoms with Gasteiger partial charge >= 0.3 is 0 Å². The molecular weight excluding hydrogens is 501 g/mol. The van der Waals surface area contributed by atoms with Gasteiger partial charge in [0.25, 0.3) is 0 Å². The standard InChI is InChI=1S/C20H35N5O2S.HI/c1-6-21-19(22-15-20(3,4)24-28(5,26)27)23-17-8-7-13-25(14-17)18-11-9-16(2)10-12-18;/h9-12,17,24H,6-8,13-15H2,1-5H3,(H2,21,22,23);1H. The van der Waals surface area contributed by atoms with Crippen molar-refractivity contribution in [2.45, 2.75) is 52.1 Å². The number of anilines is 1. The Morgan fingerprint density at radius 2 is 1.93 bits per heavy atom. The van der Waals surface area contributed by atoms with Gasteiger partial charge < -0.3 is 15.5 Å². The topological polar surface area (TPSA) is 85.8 Å². The summed E-state index contributed by atoms with van der Waals surface area (Å²) >= 11 is 0. The molecule has 0 aliphatic carbocycles. The third-order valence-electron chi connectivity index (χ3n) is 4.60. The van der Waals surface area contributed by atoms with Crippen LogP contribution in [0.15, 0.2) is 29.3 Å². The Balaban J connectivity index is 0.00000420. The van der Waals surface area contributed by atoms with Gasteiger partial charge in [-0.05, 0) is 52.7 Å². The van der Waals surface area contributed by atoms with E-state index in [1.165, 1.54) is 17.5 Å². The number of nitrogens with zero attached hydrogens (tertiary/aromatic N) is 2. The molecule has 7 nitrogen and oxygen atoms in total. The summed E-state index contributed by atoms with van der Waals surface area (Å²) in [4.78, 5) is 7.02. The number of benzene rings is 1. The van der Waals surface area contributed by atoms with Gasteiger partial charge in [-0.3, -0.25) is 4.99 Å². The maximum Gasteiger partial charge on any atom is 0.209 e. The van der Waals surface area contributed by atoms with E-state index in [0.717, 1.165) is 38.4 Å². The molecule has 1 heterocycles. The third kappa shape index (κ3) is 9.52. The fourth-order valence-electron chi connectivity index (χ4n) is 3.41. The van der Waals surface area contributed by atoms with Crippen molar-refractivity contribution in [3.8, 4) is 0 Å². The molecule has 1 atom stereocenters. The van der Waals surface area contributed by atoms with Gasteiger partial charge in [-0.25, -0.2) is 13.1 Å². The van der Waals surface area contributed by atoms with Crippen LogP contribution in [0.25, 0.3) is 0 Å². The first-order valence-corrected chi connectivity index (χ1v) is 11.8. The molecule has 1 aromatic rings. The fraction of sp³-hybridized carbons (Fsp3) is 0.650. The number of sulfonamides is 1. The van der Waals surface area contributed by atoms with Gasteiger partial charge in [0.05, 0.1) is 12.8 Å². The molecule has 0 aromatic heterocycles. The minimum atomic E-state index is -3.28. The summed E-state index contributed by atoms with van der Waals surface area (Å²) in [6.07, 6.45) is 3.37. The lowest BCUT2D eigenvalue weighted by molar-refractivity contribution is 0.454. The number of hydrogen-bond acceptors (Lipinski definition) is 4. The molecule has 29 heavy (non-hydrogen) atoms. The van der Waals surface area contributed by atoms with E-state index in [1.807, 2.05) is 20.8 Å². The molecule has 1 fully saturated rings. The van der Waals surface area contributed by atoms with Crippen molar-refractivity contribution in [2.75, 3.05) is 37.3 Å². The van der Waals surface area contributed by atoms with E-state index in [9.17, 15) is 8.42 Å². The molecule has 1 saturated heterocycles. The predicted octanol–water partition coefficient (Wildman–Crippen LogP) is 2.46. The van der Waals surface area contributed by atoms with Crippen LogP contribution < -0.4 is 20.3 Å². The summed E-state index contributed by atoms with van der Waals surface area (Å²) in [5.74, 6) is 0.724. The average Bonchev–Trinajstić information content (AvgIpc) is 2.59. The zero-order valence-corrected chi connectivity index (χ0v) is 21.3.